The van der Waals surface area contributed by atoms with Gasteiger partial charge >= 0.3 is 6.03 Å². The second-order valence-electron chi connectivity index (χ2n) is 4.51. The number of halogens is 1. The number of nitrogens with one attached hydrogen (secondary N) is 1. The maximum Gasteiger partial charge on any atom is 0.322 e. The van der Waals surface area contributed by atoms with E-state index in [-0.39, 0.29) is 18.6 Å². The second kappa shape index (κ2) is 6.61. The molecule has 0 saturated heterocycles. The zero-order chi connectivity index (χ0) is 13.7. The van der Waals surface area contributed by atoms with Crippen molar-refractivity contribution in [2.45, 2.75) is 32.9 Å². The Morgan fingerprint density at radius 2 is 2.00 bits per heavy atom. The standard InChI is InChI=1S/C13H19ClN2O2/c1-9(2)16(8-10(3)17)13(18)15-12-7-5-4-6-11(12)14/h4-7,9-10,17H,8H2,1-3H3,(H,15,18). The number of amides is 2. The Morgan fingerprint density at radius 3 is 2.50 bits per heavy atom. The number of aliphatic hydroxyl groups is 1. The van der Waals surface area contributed by atoms with E-state index < -0.39 is 6.10 Å². The summed E-state index contributed by atoms with van der Waals surface area (Å²) in [6, 6.07) is 6.79. The van der Waals surface area contributed by atoms with Crippen LogP contribution in [0.4, 0.5) is 10.5 Å². The first-order valence-electron chi connectivity index (χ1n) is 5.92. The van der Waals surface area contributed by atoms with Crippen LogP contribution in [-0.4, -0.2) is 34.7 Å². The fraction of sp³-hybridized carbons (Fsp3) is 0.462. The molecule has 0 saturated carbocycles. The molecule has 100 valence electrons. The summed E-state index contributed by atoms with van der Waals surface area (Å²) < 4.78 is 0. The van der Waals surface area contributed by atoms with Crippen LogP contribution >= 0.6 is 11.6 Å². The molecule has 2 amide bonds. The van der Waals surface area contributed by atoms with Gasteiger partial charge in [-0.2, -0.15) is 0 Å². The molecule has 0 heterocycles. The van der Waals surface area contributed by atoms with Crippen molar-refractivity contribution in [3.05, 3.63) is 29.3 Å². The lowest BCUT2D eigenvalue weighted by molar-refractivity contribution is 0.125. The second-order valence-corrected chi connectivity index (χ2v) is 4.91. The molecule has 1 rings (SSSR count). The van der Waals surface area contributed by atoms with Gasteiger partial charge in [-0.15, -0.1) is 0 Å². The molecule has 18 heavy (non-hydrogen) atoms. The lowest BCUT2D eigenvalue weighted by Crippen LogP contribution is -2.43. The minimum absolute atomic E-state index is 0.00193. The zero-order valence-corrected chi connectivity index (χ0v) is 11.6. The zero-order valence-electron chi connectivity index (χ0n) is 10.9. The Bertz CT molecular complexity index is 408. The Labute approximate surface area is 113 Å². The van der Waals surface area contributed by atoms with Crippen molar-refractivity contribution in [3.8, 4) is 0 Å². The predicted molar refractivity (Wildman–Crippen MR) is 74.0 cm³/mol. The molecule has 0 spiro atoms. The Balaban J connectivity index is 2.76. The molecule has 0 aliphatic rings. The summed E-state index contributed by atoms with van der Waals surface area (Å²) in [5.74, 6) is 0. The van der Waals surface area contributed by atoms with Crippen LogP contribution in [0.1, 0.15) is 20.8 Å². The molecule has 4 nitrogen and oxygen atoms in total. The van der Waals surface area contributed by atoms with Gasteiger partial charge < -0.3 is 15.3 Å². The largest absolute Gasteiger partial charge is 0.392 e. The van der Waals surface area contributed by atoms with E-state index in [4.69, 9.17) is 11.6 Å². The fourth-order valence-corrected chi connectivity index (χ4v) is 1.75. The van der Waals surface area contributed by atoms with Crippen molar-refractivity contribution < 1.29 is 9.90 Å². The molecule has 0 fully saturated rings. The Morgan fingerprint density at radius 1 is 1.39 bits per heavy atom. The van der Waals surface area contributed by atoms with Crippen LogP contribution < -0.4 is 5.32 Å². The van der Waals surface area contributed by atoms with Gasteiger partial charge in [0.05, 0.1) is 16.8 Å². The highest BCUT2D eigenvalue weighted by molar-refractivity contribution is 6.33. The summed E-state index contributed by atoms with van der Waals surface area (Å²) in [5.41, 5.74) is 0.570. The minimum atomic E-state index is -0.565. The molecule has 5 heteroatoms. The number of hydrogen-bond acceptors (Lipinski definition) is 2. The maximum atomic E-state index is 12.1. The van der Waals surface area contributed by atoms with Gasteiger partial charge in [0.1, 0.15) is 0 Å². The van der Waals surface area contributed by atoms with Crippen molar-refractivity contribution in [3.63, 3.8) is 0 Å². The number of carbonyl (C=O) groups excluding carboxylic acids is 1. The van der Waals surface area contributed by atoms with E-state index in [0.717, 1.165) is 0 Å². The van der Waals surface area contributed by atoms with Crippen molar-refractivity contribution in [1.82, 2.24) is 4.90 Å². The maximum absolute atomic E-state index is 12.1. The Hall–Kier alpha value is -1.26. The number of anilines is 1. The van der Waals surface area contributed by atoms with Crippen molar-refractivity contribution in [2.24, 2.45) is 0 Å². The third-order valence-corrected chi connectivity index (χ3v) is 2.79. The summed E-state index contributed by atoms with van der Waals surface area (Å²) in [5, 5.41) is 12.6. The fourth-order valence-electron chi connectivity index (χ4n) is 1.56. The number of carbonyl (C=O) groups is 1. The van der Waals surface area contributed by atoms with Gasteiger partial charge in [0.25, 0.3) is 0 Å². The van der Waals surface area contributed by atoms with E-state index in [1.54, 1.807) is 36.1 Å². The van der Waals surface area contributed by atoms with Gasteiger partial charge in [0, 0.05) is 12.6 Å². The molecular weight excluding hydrogens is 252 g/mol. The summed E-state index contributed by atoms with van der Waals surface area (Å²) >= 11 is 5.98. The molecule has 0 radical (unpaired) electrons. The van der Waals surface area contributed by atoms with Crippen molar-refractivity contribution in [2.75, 3.05) is 11.9 Å². The molecular formula is C13H19ClN2O2. The molecule has 0 bridgehead atoms. The van der Waals surface area contributed by atoms with Crippen LogP contribution in [0.25, 0.3) is 0 Å². The monoisotopic (exact) mass is 270 g/mol. The summed E-state index contributed by atoms with van der Waals surface area (Å²) in [6.45, 7) is 5.73. The first-order chi connectivity index (χ1) is 8.41. The first-order valence-corrected chi connectivity index (χ1v) is 6.29. The summed E-state index contributed by atoms with van der Waals surface area (Å²) in [6.07, 6.45) is -0.565. The van der Waals surface area contributed by atoms with Crippen LogP contribution in [0.5, 0.6) is 0 Å². The number of para-hydroxylation sites is 1. The van der Waals surface area contributed by atoms with Gasteiger partial charge in [-0.25, -0.2) is 4.79 Å². The van der Waals surface area contributed by atoms with Gasteiger partial charge in [-0.1, -0.05) is 23.7 Å². The predicted octanol–water partition coefficient (Wildman–Crippen LogP) is 2.96. The van der Waals surface area contributed by atoms with Crippen LogP contribution in [-0.2, 0) is 0 Å². The molecule has 1 unspecified atom stereocenters. The van der Waals surface area contributed by atoms with E-state index in [9.17, 15) is 9.90 Å². The lowest BCUT2D eigenvalue weighted by atomic mass is 10.3. The highest BCUT2D eigenvalue weighted by Gasteiger charge is 2.19. The summed E-state index contributed by atoms with van der Waals surface area (Å²) in [4.78, 5) is 13.7. The number of hydrogen-bond donors (Lipinski definition) is 2. The average molecular weight is 271 g/mol. The topological polar surface area (TPSA) is 52.6 Å². The van der Waals surface area contributed by atoms with Crippen molar-refractivity contribution >= 4 is 23.3 Å². The number of benzene rings is 1. The van der Waals surface area contributed by atoms with E-state index in [2.05, 4.69) is 5.32 Å². The van der Waals surface area contributed by atoms with Gasteiger partial charge in [0.15, 0.2) is 0 Å². The quantitative estimate of drug-likeness (QED) is 0.884. The summed E-state index contributed by atoms with van der Waals surface area (Å²) in [7, 11) is 0. The SMILES string of the molecule is CC(O)CN(C(=O)Nc1ccccc1Cl)C(C)C. The van der Waals surface area contributed by atoms with Gasteiger partial charge in [-0.3, -0.25) is 0 Å². The average Bonchev–Trinajstić information content (AvgIpc) is 2.28. The minimum Gasteiger partial charge on any atom is -0.392 e. The smallest absolute Gasteiger partial charge is 0.322 e. The highest BCUT2D eigenvalue weighted by Crippen LogP contribution is 2.21. The first kappa shape index (κ1) is 14.8. The van der Waals surface area contributed by atoms with E-state index in [1.165, 1.54) is 0 Å². The molecule has 1 aromatic carbocycles. The normalized spacial score (nSPS) is 12.3. The number of urea groups is 1. The van der Waals surface area contributed by atoms with Crippen molar-refractivity contribution in [1.29, 1.82) is 0 Å². The number of nitrogens with zero attached hydrogens (tertiary/aromatic N) is 1. The van der Waals surface area contributed by atoms with Crippen LogP contribution in [0.3, 0.4) is 0 Å². The molecule has 1 aromatic rings. The van der Waals surface area contributed by atoms with E-state index >= 15 is 0 Å². The number of rotatable bonds is 4. The molecule has 0 aromatic heterocycles. The highest BCUT2D eigenvalue weighted by atomic mass is 35.5. The third kappa shape index (κ3) is 4.20. The van der Waals surface area contributed by atoms with Crippen LogP contribution in [0.2, 0.25) is 5.02 Å². The van der Waals surface area contributed by atoms with E-state index in [0.29, 0.717) is 10.7 Å². The van der Waals surface area contributed by atoms with Crippen LogP contribution in [0, 0.1) is 0 Å². The lowest BCUT2D eigenvalue weighted by Gasteiger charge is -2.28. The molecule has 0 aliphatic heterocycles. The van der Waals surface area contributed by atoms with Gasteiger partial charge in [0.2, 0.25) is 0 Å². The molecule has 1 atom stereocenters. The van der Waals surface area contributed by atoms with Gasteiger partial charge in [-0.05, 0) is 32.9 Å². The Kier molecular flexibility index (Phi) is 5.44. The third-order valence-electron chi connectivity index (χ3n) is 2.46. The van der Waals surface area contributed by atoms with Crippen LogP contribution in [0.15, 0.2) is 24.3 Å². The molecule has 0 aliphatic carbocycles. The molecule has 2 N–H and O–H groups in total. The number of aliphatic hydroxyl groups excluding tert-OH is 1. The van der Waals surface area contributed by atoms with E-state index in [1.807, 2.05) is 13.8 Å².